The van der Waals surface area contributed by atoms with Crippen LogP contribution in [-0.2, 0) is 6.54 Å². The fourth-order valence-electron chi connectivity index (χ4n) is 1.74. The molecule has 0 atom stereocenters. The van der Waals surface area contributed by atoms with Gasteiger partial charge in [0.1, 0.15) is 11.6 Å². The van der Waals surface area contributed by atoms with Crippen LogP contribution in [0.1, 0.15) is 18.6 Å². The quantitative estimate of drug-likeness (QED) is 0.834. The first-order valence-electron chi connectivity index (χ1n) is 6.47. The van der Waals surface area contributed by atoms with Crippen LogP contribution in [0, 0.1) is 5.92 Å². The van der Waals surface area contributed by atoms with Crippen LogP contribution in [0.15, 0.2) is 34.9 Å². The van der Waals surface area contributed by atoms with Gasteiger partial charge < -0.3 is 20.2 Å². The molecule has 0 saturated heterocycles. The second-order valence-corrected chi connectivity index (χ2v) is 4.78. The molecule has 100 valence electrons. The standard InChI is InChI=1S/C14H17N3O2/c15-12-5-6-13(16-8-11-2-1-7-18-11)17-14(12)19-9-10-3-4-10/h1-2,5-7,10H,3-4,8-9,15H2,(H,16,17). The van der Waals surface area contributed by atoms with Crippen LogP contribution in [0.3, 0.4) is 0 Å². The summed E-state index contributed by atoms with van der Waals surface area (Å²) >= 11 is 0. The molecule has 0 spiro atoms. The summed E-state index contributed by atoms with van der Waals surface area (Å²) in [5.74, 6) is 2.78. The summed E-state index contributed by atoms with van der Waals surface area (Å²) in [7, 11) is 0. The molecule has 1 saturated carbocycles. The number of nitrogens with two attached hydrogens (primary N) is 1. The number of hydrogen-bond acceptors (Lipinski definition) is 5. The van der Waals surface area contributed by atoms with E-state index in [1.54, 1.807) is 12.3 Å². The van der Waals surface area contributed by atoms with Gasteiger partial charge in [0.25, 0.3) is 0 Å². The lowest BCUT2D eigenvalue weighted by Crippen LogP contribution is -2.06. The number of rotatable bonds is 6. The van der Waals surface area contributed by atoms with E-state index in [2.05, 4.69) is 10.3 Å². The first-order chi connectivity index (χ1) is 9.31. The topological polar surface area (TPSA) is 73.3 Å². The van der Waals surface area contributed by atoms with Crippen LogP contribution in [0.4, 0.5) is 11.5 Å². The maximum atomic E-state index is 5.85. The molecule has 3 N–H and O–H groups in total. The minimum Gasteiger partial charge on any atom is -0.476 e. The molecule has 3 rings (SSSR count). The molecule has 2 aromatic rings. The van der Waals surface area contributed by atoms with Crippen LogP contribution in [0.25, 0.3) is 0 Å². The van der Waals surface area contributed by atoms with Crippen LogP contribution in [-0.4, -0.2) is 11.6 Å². The van der Waals surface area contributed by atoms with E-state index in [1.807, 2.05) is 18.2 Å². The zero-order chi connectivity index (χ0) is 13.1. The molecular formula is C14H17N3O2. The molecule has 2 aromatic heterocycles. The van der Waals surface area contributed by atoms with Crippen LogP contribution >= 0.6 is 0 Å². The number of nitrogens with one attached hydrogen (secondary N) is 1. The minimum absolute atomic E-state index is 0.511. The van der Waals surface area contributed by atoms with E-state index in [0.717, 1.165) is 11.6 Å². The molecule has 5 heteroatoms. The number of pyridine rings is 1. The average molecular weight is 259 g/mol. The van der Waals surface area contributed by atoms with E-state index in [0.29, 0.717) is 30.6 Å². The Kier molecular flexibility index (Phi) is 3.27. The highest BCUT2D eigenvalue weighted by Gasteiger charge is 2.22. The number of ether oxygens (including phenoxy) is 1. The third kappa shape index (κ3) is 3.19. The van der Waals surface area contributed by atoms with Crippen molar-refractivity contribution in [1.29, 1.82) is 0 Å². The van der Waals surface area contributed by atoms with Crippen LogP contribution < -0.4 is 15.8 Å². The molecule has 0 aromatic carbocycles. The fourth-order valence-corrected chi connectivity index (χ4v) is 1.74. The SMILES string of the molecule is Nc1ccc(NCc2ccco2)nc1OCC1CC1. The molecule has 0 amide bonds. The summed E-state index contributed by atoms with van der Waals surface area (Å²) in [6.07, 6.45) is 4.14. The van der Waals surface area contributed by atoms with Crippen molar-refractivity contribution in [2.75, 3.05) is 17.7 Å². The van der Waals surface area contributed by atoms with Gasteiger partial charge in [-0.15, -0.1) is 0 Å². The summed E-state index contributed by atoms with van der Waals surface area (Å²) in [6, 6.07) is 7.41. The highest BCUT2D eigenvalue weighted by molar-refractivity contribution is 5.53. The van der Waals surface area contributed by atoms with E-state index < -0.39 is 0 Å². The number of anilines is 2. The molecule has 2 heterocycles. The van der Waals surface area contributed by atoms with Gasteiger partial charge in [0.05, 0.1) is 25.1 Å². The largest absolute Gasteiger partial charge is 0.476 e. The van der Waals surface area contributed by atoms with Crippen molar-refractivity contribution < 1.29 is 9.15 Å². The van der Waals surface area contributed by atoms with Gasteiger partial charge in [0, 0.05) is 0 Å². The van der Waals surface area contributed by atoms with Gasteiger partial charge in [0.15, 0.2) is 0 Å². The number of furan rings is 1. The lowest BCUT2D eigenvalue weighted by molar-refractivity contribution is 0.290. The van der Waals surface area contributed by atoms with Crippen molar-refractivity contribution in [1.82, 2.24) is 4.98 Å². The maximum absolute atomic E-state index is 5.85. The Morgan fingerprint density at radius 3 is 3.00 bits per heavy atom. The van der Waals surface area contributed by atoms with E-state index in [-0.39, 0.29) is 0 Å². The third-order valence-corrected chi connectivity index (χ3v) is 3.07. The van der Waals surface area contributed by atoms with Crippen LogP contribution in [0.2, 0.25) is 0 Å². The van der Waals surface area contributed by atoms with Gasteiger partial charge in [0.2, 0.25) is 5.88 Å². The predicted octanol–water partition coefficient (Wildman–Crippen LogP) is 2.66. The Bertz CT molecular complexity index is 536. The van der Waals surface area contributed by atoms with Crippen molar-refractivity contribution in [3.63, 3.8) is 0 Å². The van der Waals surface area contributed by atoms with E-state index >= 15 is 0 Å². The molecule has 0 aliphatic heterocycles. The first-order valence-corrected chi connectivity index (χ1v) is 6.47. The van der Waals surface area contributed by atoms with Crippen molar-refractivity contribution in [3.8, 4) is 5.88 Å². The van der Waals surface area contributed by atoms with Crippen molar-refractivity contribution in [2.24, 2.45) is 5.92 Å². The van der Waals surface area contributed by atoms with Gasteiger partial charge in [-0.2, -0.15) is 4.98 Å². The molecular weight excluding hydrogens is 242 g/mol. The summed E-state index contributed by atoms with van der Waals surface area (Å²) < 4.78 is 10.9. The zero-order valence-electron chi connectivity index (χ0n) is 10.6. The lowest BCUT2D eigenvalue weighted by Gasteiger charge is -2.10. The molecule has 1 fully saturated rings. The summed E-state index contributed by atoms with van der Waals surface area (Å²) in [5, 5.41) is 3.18. The predicted molar refractivity (Wildman–Crippen MR) is 72.9 cm³/mol. The number of hydrogen-bond donors (Lipinski definition) is 2. The normalized spacial score (nSPS) is 14.3. The van der Waals surface area contributed by atoms with E-state index in [4.69, 9.17) is 14.9 Å². The number of nitrogens with zero attached hydrogens (tertiary/aromatic N) is 1. The molecule has 5 nitrogen and oxygen atoms in total. The first kappa shape index (κ1) is 11.9. The Morgan fingerprint density at radius 1 is 1.37 bits per heavy atom. The van der Waals surface area contributed by atoms with Crippen molar-refractivity contribution in [3.05, 3.63) is 36.3 Å². The Labute approximate surface area is 111 Å². The summed E-state index contributed by atoms with van der Waals surface area (Å²) in [5.41, 5.74) is 6.43. The number of nitrogen functional groups attached to an aromatic ring is 1. The second-order valence-electron chi connectivity index (χ2n) is 4.78. The molecule has 1 aliphatic rings. The van der Waals surface area contributed by atoms with Crippen molar-refractivity contribution in [2.45, 2.75) is 19.4 Å². The number of aromatic nitrogens is 1. The average Bonchev–Trinajstić information content (AvgIpc) is 3.10. The smallest absolute Gasteiger partial charge is 0.239 e. The second kappa shape index (κ2) is 5.22. The monoisotopic (exact) mass is 259 g/mol. The van der Waals surface area contributed by atoms with Crippen LogP contribution in [0.5, 0.6) is 5.88 Å². The molecule has 0 bridgehead atoms. The van der Waals surface area contributed by atoms with Gasteiger partial charge >= 0.3 is 0 Å². The Balaban J connectivity index is 1.62. The highest BCUT2D eigenvalue weighted by atomic mass is 16.5. The zero-order valence-corrected chi connectivity index (χ0v) is 10.6. The van der Waals surface area contributed by atoms with Gasteiger partial charge in [-0.3, -0.25) is 0 Å². The fraction of sp³-hybridized carbons (Fsp3) is 0.357. The Hall–Kier alpha value is -2.17. The van der Waals surface area contributed by atoms with E-state index in [9.17, 15) is 0 Å². The van der Waals surface area contributed by atoms with Crippen molar-refractivity contribution >= 4 is 11.5 Å². The third-order valence-electron chi connectivity index (χ3n) is 3.07. The van der Waals surface area contributed by atoms with Gasteiger partial charge in [-0.05, 0) is 43.0 Å². The van der Waals surface area contributed by atoms with Gasteiger partial charge in [-0.1, -0.05) is 0 Å². The van der Waals surface area contributed by atoms with E-state index in [1.165, 1.54) is 12.8 Å². The maximum Gasteiger partial charge on any atom is 0.239 e. The minimum atomic E-state index is 0.511. The summed E-state index contributed by atoms with van der Waals surface area (Å²) in [6.45, 7) is 1.30. The van der Waals surface area contributed by atoms with Gasteiger partial charge in [-0.25, -0.2) is 0 Å². The summed E-state index contributed by atoms with van der Waals surface area (Å²) in [4.78, 5) is 4.37. The lowest BCUT2D eigenvalue weighted by atomic mass is 10.3. The molecule has 19 heavy (non-hydrogen) atoms. The highest BCUT2D eigenvalue weighted by Crippen LogP contribution is 2.30. The molecule has 1 aliphatic carbocycles. The Morgan fingerprint density at radius 2 is 2.26 bits per heavy atom. The molecule has 0 radical (unpaired) electrons. The molecule has 0 unspecified atom stereocenters.